The van der Waals surface area contributed by atoms with E-state index in [0.29, 0.717) is 18.4 Å². The monoisotopic (exact) mass is 410 g/mol. The fourth-order valence-corrected chi connectivity index (χ4v) is 4.65. The summed E-state index contributed by atoms with van der Waals surface area (Å²) >= 11 is 0. The van der Waals surface area contributed by atoms with Crippen molar-refractivity contribution < 1.29 is 9.84 Å². The molecular formula is C24H34N4O2. The molecule has 2 aromatic rings. The van der Waals surface area contributed by atoms with Crippen LogP contribution in [-0.4, -0.2) is 71.8 Å². The third kappa shape index (κ3) is 5.05. The number of aryl methyl sites for hydroxylation is 1. The number of anilines is 1. The Kier molecular flexibility index (Phi) is 6.75. The molecule has 3 heterocycles. The Bertz CT molecular complexity index is 810. The summed E-state index contributed by atoms with van der Waals surface area (Å²) in [6.45, 7) is 11.9. The molecule has 0 saturated carbocycles. The minimum absolute atomic E-state index is 0.297. The van der Waals surface area contributed by atoms with Gasteiger partial charge in [0.2, 0.25) is 0 Å². The number of hydrogen-bond donors (Lipinski definition) is 1. The zero-order valence-electron chi connectivity index (χ0n) is 18.3. The Morgan fingerprint density at radius 3 is 2.37 bits per heavy atom. The maximum atomic E-state index is 10.2. The van der Waals surface area contributed by atoms with E-state index in [4.69, 9.17) is 4.74 Å². The number of likely N-dealkylation sites (tertiary alicyclic amines) is 1. The predicted octanol–water partition coefficient (Wildman–Crippen LogP) is 3.28. The summed E-state index contributed by atoms with van der Waals surface area (Å²) in [5.41, 5.74) is 2.35. The van der Waals surface area contributed by atoms with Gasteiger partial charge in [0.05, 0.1) is 6.61 Å². The summed E-state index contributed by atoms with van der Waals surface area (Å²) in [4.78, 5) is 11.9. The summed E-state index contributed by atoms with van der Waals surface area (Å²) in [6.07, 6.45) is 4.29. The van der Waals surface area contributed by atoms with Crippen molar-refractivity contribution in [1.29, 1.82) is 0 Å². The zero-order valence-corrected chi connectivity index (χ0v) is 18.3. The topological polar surface area (TPSA) is 52.1 Å². The second-order valence-electron chi connectivity index (χ2n) is 8.46. The number of benzene rings is 1. The third-order valence-corrected chi connectivity index (χ3v) is 6.31. The van der Waals surface area contributed by atoms with Crippen LogP contribution in [0.2, 0.25) is 0 Å². The van der Waals surface area contributed by atoms with E-state index in [-0.39, 0.29) is 0 Å². The zero-order chi connectivity index (χ0) is 20.9. The number of aromatic hydroxyl groups is 1. The van der Waals surface area contributed by atoms with Gasteiger partial charge >= 0.3 is 0 Å². The van der Waals surface area contributed by atoms with Gasteiger partial charge in [-0.25, -0.2) is 4.98 Å². The normalized spacial score (nSPS) is 19.2. The van der Waals surface area contributed by atoms with Crippen LogP contribution in [0.1, 0.15) is 30.9 Å². The van der Waals surface area contributed by atoms with E-state index in [1.807, 2.05) is 20.0 Å². The fraction of sp³-hybridized carbons (Fsp3) is 0.542. The van der Waals surface area contributed by atoms with Crippen molar-refractivity contribution in [2.75, 3.05) is 50.8 Å². The van der Waals surface area contributed by atoms with E-state index < -0.39 is 0 Å². The molecule has 162 valence electrons. The summed E-state index contributed by atoms with van der Waals surface area (Å²) in [7, 11) is 0. The Morgan fingerprint density at radius 1 is 1.03 bits per heavy atom. The maximum Gasteiger partial charge on any atom is 0.171 e. The molecule has 1 N–H and O–H groups in total. The van der Waals surface area contributed by atoms with Crippen molar-refractivity contribution in [2.45, 2.75) is 39.3 Å². The van der Waals surface area contributed by atoms with Crippen LogP contribution in [0.4, 0.5) is 5.82 Å². The minimum atomic E-state index is 0.297. The Hall–Kier alpha value is -2.31. The Labute approximate surface area is 180 Å². The van der Waals surface area contributed by atoms with Crippen LogP contribution < -0.4 is 9.64 Å². The van der Waals surface area contributed by atoms with Crippen molar-refractivity contribution in [2.24, 2.45) is 0 Å². The Morgan fingerprint density at radius 2 is 1.73 bits per heavy atom. The second-order valence-corrected chi connectivity index (χ2v) is 8.46. The number of nitrogens with zero attached hydrogens (tertiary/aromatic N) is 4. The Balaban J connectivity index is 1.23. The number of ether oxygens (including phenoxy) is 1. The van der Waals surface area contributed by atoms with Gasteiger partial charge in [0.1, 0.15) is 5.75 Å². The molecular weight excluding hydrogens is 376 g/mol. The number of hydrogen-bond acceptors (Lipinski definition) is 6. The fourth-order valence-electron chi connectivity index (χ4n) is 4.65. The number of rotatable bonds is 6. The van der Waals surface area contributed by atoms with E-state index >= 15 is 0 Å². The van der Waals surface area contributed by atoms with Crippen molar-refractivity contribution in [3.05, 3.63) is 47.7 Å². The van der Waals surface area contributed by atoms with Crippen molar-refractivity contribution in [3.8, 4) is 11.5 Å². The first-order valence-electron chi connectivity index (χ1n) is 11.2. The van der Waals surface area contributed by atoms with Gasteiger partial charge in [-0.1, -0.05) is 12.1 Å². The van der Waals surface area contributed by atoms with Crippen LogP contribution in [0.15, 0.2) is 36.5 Å². The summed E-state index contributed by atoms with van der Waals surface area (Å²) < 4.78 is 5.54. The van der Waals surface area contributed by atoms with E-state index in [0.717, 1.165) is 62.9 Å². The standard InChI is InChI=1S/C24H34N4O2/c1-3-30-22-6-4-20(5-7-22)18-26-10-8-21(9-11-26)27-12-14-28(15-13-27)24-23(29)16-19(2)17-25-24/h4-7,16-17,21,29H,3,8-15,18H2,1-2H3. The first-order valence-corrected chi connectivity index (χ1v) is 11.2. The highest BCUT2D eigenvalue weighted by Crippen LogP contribution is 2.27. The van der Waals surface area contributed by atoms with Gasteiger partial charge < -0.3 is 14.7 Å². The van der Waals surface area contributed by atoms with Crippen LogP contribution in [0.5, 0.6) is 11.5 Å². The number of aromatic nitrogens is 1. The van der Waals surface area contributed by atoms with Crippen LogP contribution in [0, 0.1) is 6.92 Å². The molecule has 0 unspecified atom stereocenters. The van der Waals surface area contributed by atoms with Crippen LogP contribution in [0.25, 0.3) is 0 Å². The lowest BCUT2D eigenvalue weighted by Gasteiger charge is -2.43. The van der Waals surface area contributed by atoms with Gasteiger partial charge in [0, 0.05) is 45.0 Å². The molecule has 0 spiro atoms. The molecule has 2 fully saturated rings. The van der Waals surface area contributed by atoms with Gasteiger partial charge in [0.25, 0.3) is 0 Å². The highest BCUT2D eigenvalue weighted by Gasteiger charge is 2.28. The molecule has 4 rings (SSSR count). The first kappa shape index (κ1) is 20.9. The SMILES string of the molecule is CCOc1ccc(CN2CCC(N3CCN(c4ncc(C)cc4O)CC3)CC2)cc1. The van der Waals surface area contributed by atoms with Gasteiger partial charge in [0.15, 0.2) is 11.6 Å². The molecule has 0 amide bonds. The summed E-state index contributed by atoms with van der Waals surface area (Å²) in [5.74, 6) is 1.98. The maximum absolute atomic E-state index is 10.2. The minimum Gasteiger partial charge on any atom is -0.504 e. The van der Waals surface area contributed by atoms with E-state index in [1.54, 1.807) is 6.07 Å². The van der Waals surface area contributed by atoms with Gasteiger partial charge in [-0.15, -0.1) is 0 Å². The largest absolute Gasteiger partial charge is 0.504 e. The van der Waals surface area contributed by atoms with Gasteiger partial charge in [-0.05, 0) is 69.1 Å². The molecule has 30 heavy (non-hydrogen) atoms. The number of pyridine rings is 1. The van der Waals surface area contributed by atoms with Crippen LogP contribution in [0.3, 0.4) is 0 Å². The molecule has 0 radical (unpaired) electrons. The van der Waals surface area contributed by atoms with E-state index in [1.165, 1.54) is 18.4 Å². The molecule has 2 aliphatic rings. The molecule has 0 bridgehead atoms. The lowest BCUT2D eigenvalue weighted by Crippen LogP contribution is -2.53. The highest BCUT2D eigenvalue weighted by atomic mass is 16.5. The number of piperazine rings is 1. The molecule has 1 aromatic heterocycles. The van der Waals surface area contributed by atoms with E-state index in [9.17, 15) is 5.11 Å². The summed E-state index contributed by atoms with van der Waals surface area (Å²) in [5, 5.41) is 10.2. The second kappa shape index (κ2) is 9.67. The molecule has 2 saturated heterocycles. The quantitative estimate of drug-likeness (QED) is 0.789. The molecule has 0 atom stereocenters. The molecule has 2 aliphatic heterocycles. The van der Waals surface area contributed by atoms with Crippen molar-refractivity contribution in [1.82, 2.24) is 14.8 Å². The molecule has 6 nitrogen and oxygen atoms in total. The lowest BCUT2D eigenvalue weighted by molar-refractivity contribution is 0.0996. The van der Waals surface area contributed by atoms with Gasteiger partial charge in [-0.2, -0.15) is 0 Å². The smallest absolute Gasteiger partial charge is 0.171 e. The molecule has 1 aromatic carbocycles. The molecule has 6 heteroatoms. The van der Waals surface area contributed by atoms with E-state index in [2.05, 4.69) is 43.9 Å². The van der Waals surface area contributed by atoms with Crippen molar-refractivity contribution >= 4 is 5.82 Å². The average molecular weight is 411 g/mol. The van der Waals surface area contributed by atoms with Crippen LogP contribution in [-0.2, 0) is 6.54 Å². The van der Waals surface area contributed by atoms with Gasteiger partial charge in [-0.3, -0.25) is 9.80 Å². The van der Waals surface area contributed by atoms with Crippen LogP contribution >= 0.6 is 0 Å². The predicted molar refractivity (Wildman–Crippen MR) is 120 cm³/mol. The highest BCUT2D eigenvalue weighted by molar-refractivity contribution is 5.52. The molecule has 0 aliphatic carbocycles. The first-order chi connectivity index (χ1) is 14.6. The van der Waals surface area contributed by atoms with Crippen molar-refractivity contribution in [3.63, 3.8) is 0 Å². The summed E-state index contributed by atoms with van der Waals surface area (Å²) in [6, 6.07) is 11.0. The third-order valence-electron chi connectivity index (χ3n) is 6.31. The number of piperidine rings is 1. The lowest BCUT2D eigenvalue weighted by atomic mass is 10.0. The average Bonchev–Trinajstić information content (AvgIpc) is 2.76.